The normalized spacial score (nSPS) is 26.7. The lowest BCUT2D eigenvalue weighted by atomic mass is 9.90. The Labute approximate surface area is 67.3 Å². The van der Waals surface area contributed by atoms with Crippen molar-refractivity contribution < 1.29 is 4.79 Å². The molecule has 0 aromatic rings. The maximum atomic E-state index is 11.1. The van der Waals surface area contributed by atoms with E-state index in [9.17, 15) is 4.79 Å². The Morgan fingerprint density at radius 1 is 1.82 bits per heavy atom. The number of amides is 1. The van der Waals surface area contributed by atoms with Gasteiger partial charge in [0.05, 0.1) is 0 Å². The van der Waals surface area contributed by atoms with Crippen LogP contribution in [-0.2, 0) is 4.79 Å². The molecule has 0 bridgehead atoms. The van der Waals surface area contributed by atoms with Crippen molar-refractivity contribution in [2.75, 3.05) is 13.1 Å². The van der Waals surface area contributed by atoms with Crippen LogP contribution in [-0.4, -0.2) is 19.0 Å². The maximum Gasteiger partial charge on any atom is 0.223 e. The topological polar surface area (TPSA) is 55.1 Å². The smallest absolute Gasteiger partial charge is 0.223 e. The molecule has 1 fully saturated rings. The van der Waals surface area contributed by atoms with Gasteiger partial charge in [-0.25, -0.2) is 0 Å². The van der Waals surface area contributed by atoms with Crippen LogP contribution >= 0.6 is 0 Å². The van der Waals surface area contributed by atoms with Crippen LogP contribution in [0.2, 0.25) is 0 Å². The van der Waals surface area contributed by atoms with Crippen molar-refractivity contribution in [2.24, 2.45) is 17.6 Å². The molecule has 3 heteroatoms. The predicted molar refractivity (Wildman–Crippen MR) is 44.0 cm³/mol. The van der Waals surface area contributed by atoms with E-state index >= 15 is 0 Å². The molecule has 1 rings (SSSR count). The Morgan fingerprint density at radius 2 is 2.55 bits per heavy atom. The number of rotatable bonds is 3. The zero-order chi connectivity index (χ0) is 8.27. The predicted octanol–water partition coefficient (Wildman–Crippen LogP) is 0.107. The van der Waals surface area contributed by atoms with Gasteiger partial charge in [0.25, 0.3) is 0 Å². The average Bonchev–Trinajstić information content (AvgIpc) is 2.36. The lowest BCUT2D eigenvalue weighted by Crippen LogP contribution is -2.24. The highest BCUT2D eigenvalue weighted by Crippen LogP contribution is 2.21. The highest BCUT2D eigenvalue weighted by molar-refractivity contribution is 5.80. The zero-order valence-corrected chi connectivity index (χ0v) is 6.97. The van der Waals surface area contributed by atoms with Gasteiger partial charge < -0.3 is 11.1 Å². The Morgan fingerprint density at radius 3 is 3.00 bits per heavy atom. The van der Waals surface area contributed by atoms with Crippen molar-refractivity contribution >= 4 is 5.91 Å². The molecule has 64 valence electrons. The molecule has 1 saturated heterocycles. The van der Waals surface area contributed by atoms with Crippen molar-refractivity contribution in [3.05, 3.63) is 0 Å². The molecule has 0 radical (unpaired) electrons. The molecule has 1 aliphatic rings. The molecule has 11 heavy (non-hydrogen) atoms. The molecule has 0 saturated carbocycles. The van der Waals surface area contributed by atoms with Gasteiger partial charge in [-0.05, 0) is 25.3 Å². The summed E-state index contributed by atoms with van der Waals surface area (Å²) in [4.78, 5) is 11.1. The first-order valence-corrected chi connectivity index (χ1v) is 4.23. The van der Waals surface area contributed by atoms with Gasteiger partial charge in [0.1, 0.15) is 0 Å². The summed E-state index contributed by atoms with van der Waals surface area (Å²) in [6.45, 7) is 3.63. The highest BCUT2D eigenvalue weighted by atomic mass is 16.2. The van der Waals surface area contributed by atoms with Gasteiger partial charge in [-0.2, -0.15) is 0 Å². The van der Waals surface area contributed by atoms with Gasteiger partial charge in [-0.1, -0.05) is 6.92 Å². The fourth-order valence-electron chi connectivity index (χ4n) is 1.62. The van der Waals surface area contributed by atoms with Crippen LogP contribution < -0.4 is 11.1 Å². The Balaban J connectivity index is 2.39. The van der Waals surface area contributed by atoms with E-state index in [1.807, 2.05) is 0 Å². The standard InChI is InChI=1S/C8H16N2O/c1-6(2-4-9)7-3-5-10-8(7)11/h6-7H,2-5,9H2,1H3,(H,10,11). The first kappa shape index (κ1) is 8.53. The molecule has 0 aromatic heterocycles. The van der Waals surface area contributed by atoms with Crippen LogP contribution in [0.15, 0.2) is 0 Å². The first-order chi connectivity index (χ1) is 5.25. The van der Waals surface area contributed by atoms with Crippen molar-refractivity contribution in [1.29, 1.82) is 0 Å². The third-order valence-electron chi connectivity index (χ3n) is 2.40. The van der Waals surface area contributed by atoms with Crippen LogP contribution in [0.3, 0.4) is 0 Å². The number of carbonyl (C=O) groups excluding carboxylic acids is 1. The second-order valence-electron chi connectivity index (χ2n) is 3.24. The first-order valence-electron chi connectivity index (χ1n) is 4.23. The second-order valence-corrected chi connectivity index (χ2v) is 3.24. The number of hydrogen-bond donors (Lipinski definition) is 2. The minimum Gasteiger partial charge on any atom is -0.356 e. The van der Waals surface area contributed by atoms with E-state index in [1.165, 1.54) is 0 Å². The molecule has 2 atom stereocenters. The lowest BCUT2D eigenvalue weighted by Gasteiger charge is -2.14. The summed E-state index contributed by atoms with van der Waals surface area (Å²) in [6.07, 6.45) is 1.94. The monoisotopic (exact) mass is 156 g/mol. The summed E-state index contributed by atoms with van der Waals surface area (Å²) < 4.78 is 0. The lowest BCUT2D eigenvalue weighted by molar-refractivity contribution is -0.123. The van der Waals surface area contributed by atoms with Gasteiger partial charge in [-0.3, -0.25) is 4.79 Å². The Hall–Kier alpha value is -0.570. The fourth-order valence-corrected chi connectivity index (χ4v) is 1.62. The minimum atomic E-state index is 0.214. The van der Waals surface area contributed by atoms with E-state index < -0.39 is 0 Å². The summed E-state index contributed by atoms with van der Waals surface area (Å²) in [5, 5.41) is 2.83. The third-order valence-corrected chi connectivity index (χ3v) is 2.40. The van der Waals surface area contributed by atoms with Gasteiger partial charge >= 0.3 is 0 Å². The summed E-state index contributed by atoms with van der Waals surface area (Å²) in [5.74, 6) is 0.881. The molecule has 0 aromatic carbocycles. The van der Waals surface area contributed by atoms with Crippen LogP contribution in [0.25, 0.3) is 0 Å². The molecular weight excluding hydrogens is 140 g/mol. The Kier molecular flexibility index (Phi) is 2.88. The van der Waals surface area contributed by atoms with Crippen molar-refractivity contribution in [3.8, 4) is 0 Å². The Bertz CT molecular complexity index is 147. The van der Waals surface area contributed by atoms with Crippen LogP contribution in [0, 0.1) is 11.8 Å². The maximum absolute atomic E-state index is 11.1. The second kappa shape index (κ2) is 3.72. The van der Waals surface area contributed by atoms with Gasteiger partial charge in [0.2, 0.25) is 5.91 Å². The summed E-state index contributed by atoms with van der Waals surface area (Å²) in [5.41, 5.74) is 5.41. The van der Waals surface area contributed by atoms with E-state index in [4.69, 9.17) is 5.73 Å². The van der Waals surface area contributed by atoms with E-state index in [0.29, 0.717) is 12.5 Å². The van der Waals surface area contributed by atoms with E-state index in [-0.39, 0.29) is 11.8 Å². The van der Waals surface area contributed by atoms with Crippen LogP contribution in [0.5, 0.6) is 0 Å². The number of nitrogens with two attached hydrogens (primary N) is 1. The number of carbonyl (C=O) groups is 1. The van der Waals surface area contributed by atoms with Gasteiger partial charge in [0.15, 0.2) is 0 Å². The molecule has 3 nitrogen and oxygen atoms in total. The summed E-state index contributed by atoms with van der Waals surface area (Å²) >= 11 is 0. The molecule has 3 N–H and O–H groups in total. The van der Waals surface area contributed by atoms with Crippen LogP contribution in [0.4, 0.5) is 0 Å². The van der Waals surface area contributed by atoms with Crippen LogP contribution in [0.1, 0.15) is 19.8 Å². The molecule has 2 unspecified atom stereocenters. The molecule has 1 amide bonds. The summed E-state index contributed by atoms with van der Waals surface area (Å²) in [6, 6.07) is 0. The third kappa shape index (κ3) is 1.93. The molecule has 1 aliphatic heterocycles. The minimum absolute atomic E-state index is 0.214. The number of nitrogens with one attached hydrogen (secondary N) is 1. The SMILES string of the molecule is CC(CCN)C1CCNC1=O. The zero-order valence-electron chi connectivity index (χ0n) is 6.97. The fraction of sp³-hybridized carbons (Fsp3) is 0.875. The van der Waals surface area contributed by atoms with Gasteiger partial charge in [-0.15, -0.1) is 0 Å². The van der Waals surface area contributed by atoms with Crippen molar-refractivity contribution in [1.82, 2.24) is 5.32 Å². The van der Waals surface area contributed by atoms with E-state index in [1.54, 1.807) is 0 Å². The van der Waals surface area contributed by atoms with Crippen molar-refractivity contribution in [2.45, 2.75) is 19.8 Å². The highest BCUT2D eigenvalue weighted by Gasteiger charge is 2.28. The molecule has 0 spiro atoms. The molecule has 0 aliphatic carbocycles. The largest absolute Gasteiger partial charge is 0.356 e. The molecular formula is C8H16N2O. The molecule has 1 heterocycles. The van der Waals surface area contributed by atoms with Gasteiger partial charge in [0, 0.05) is 12.5 Å². The number of hydrogen-bond acceptors (Lipinski definition) is 2. The van der Waals surface area contributed by atoms with E-state index in [2.05, 4.69) is 12.2 Å². The quantitative estimate of drug-likeness (QED) is 0.609. The summed E-state index contributed by atoms with van der Waals surface area (Å²) in [7, 11) is 0. The van der Waals surface area contributed by atoms with Crippen molar-refractivity contribution in [3.63, 3.8) is 0 Å². The van der Waals surface area contributed by atoms with E-state index in [0.717, 1.165) is 19.4 Å². The average molecular weight is 156 g/mol.